The minimum absolute atomic E-state index is 0.231. The monoisotopic (exact) mass is 436 g/mol. The van der Waals surface area contributed by atoms with Crippen molar-refractivity contribution in [1.82, 2.24) is 9.62 Å². The first-order valence-electron chi connectivity index (χ1n) is 9.84. The lowest BCUT2D eigenvalue weighted by atomic mass is 10.0. The van der Waals surface area contributed by atoms with E-state index in [9.17, 15) is 8.42 Å². The molecule has 0 spiro atoms. The number of likely N-dealkylation sites (tertiary alicyclic amines) is 1. The van der Waals surface area contributed by atoms with Crippen LogP contribution in [0.3, 0.4) is 0 Å². The van der Waals surface area contributed by atoms with Crippen molar-refractivity contribution in [2.75, 3.05) is 32.8 Å². The zero-order valence-corrected chi connectivity index (χ0v) is 17.9. The summed E-state index contributed by atoms with van der Waals surface area (Å²) in [6.07, 6.45) is 2.12. The standard InChI is InChI=1S/C21H25ClN2O4S/c1-15-17(22)4-2-6-21(15)29(25,26)23-9-11-24-10-3-5-18(24)16-7-8-19-20(14-16)28-13-12-27-19/h2,4,6-8,14,18,23H,3,5,9-13H2,1H3. The van der Waals surface area contributed by atoms with Gasteiger partial charge >= 0.3 is 0 Å². The molecular formula is C21H25ClN2O4S. The van der Waals surface area contributed by atoms with E-state index in [0.717, 1.165) is 30.9 Å². The van der Waals surface area contributed by atoms with Crippen LogP contribution >= 0.6 is 11.6 Å². The summed E-state index contributed by atoms with van der Waals surface area (Å²) in [5.74, 6) is 1.58. The first-order chi connectivity index (χ1) is 14.0. The second-order valence-corrected chi connectivity index (χ2v) is 9.50. The number of hydrogen-bond donors (Lipinski definition) is 1. The highest BCUT2D eigenvalue weighted by molar-refractivity contribution is 7.89. The van der Waals surface area contributed by atoms with Crippen molar-refractivity contribution in [3.63, 3.8) is 0 Å². The van der Waals surface area contributed by atoms with Gasteiger partial charge in [0.05, 0.1) is 4.90 Å². The molecule has 2 aliphatic heterocycles. The van der Waals surface area contributed by atoms with Crippen molar-refractivity contribution in [1.29, 1.82) is 0 Å². The van der Waals surface area contributed by atoms with Crippen LogP contribution in [0, 0.1) is 6.92 Å². The van der Waals surface area contributed by atoms with E-state index >= 15 is 0 Å². The largest absolute Gasteiger partial charge is 0.486 e. The first-order valence-corrected chi connectivity index (χ1v) is 11.7. The first kappa shape index (κ1) is 20.5. The molecule has 0 saturated carbocycles. The molecule has 4 rings (SSSR count). The fraction of sp³-hybridized carbons (Fsp3) is 0.429. The van der Waals surface area contributed by atoms with E-state index in [2.05, 4.69) is 21.8 Å². The van der Waals surface area contributed by atoms with Gasteiger partial charge in [-0.25, -0.2) is 13.1 Å². The van der Waals surface area contributed by atoms with Crippen LogP contribution in [-0.4, -0.2) is 46.2 Å². The Morgan fingerprint density at radius 2 is 1.97 bits per heavy atom. The molecule has 0 aromatic heterocycles. The predicted octanol–water partition coefficient (Wildman–Crippen LogP) is 3.54. The summed E-state index contributed by atoms with van der Waals surface area (Å²) in [5, 5.41) is 0.450. The highest BCUT2D eigenvalue weighted by atomic mass is 35.5. The highest BCUT2D eigenvalue weighted by Crippen LogP contribution is 2.37. The minimum Gasteiger partial charge on any atom is -0.486 e. The molecular weight excluding hydrogens is 412 g/mol. The zero-order chi connectivity index (χ0) is 20.4. The minimum atomic E-state index is -3.60. The molecule has 0 radical (unpaired) electrons. The Morgan fingerprint density at radius 1 is 1.17 bits per heavy atom. The SMILES string of the molecule is Cc1c(Cl)cccc1S(=O)(=O)NCCN1CCCC1c1ccc2c(c1)OCCO2. The number of benzene rings is 2. The summed E-state index contributed by atoms with van der Waals surface area (Å²) in [6.45, 7) is 4.78. The van der Waals surface area contributed by atoms with E-state index in [1.807, 2.05) is 6.07 Å². The van der Waals surface area contributed by atoms with E-state index in [-0.39, 0.29) is 10.9 Å². The Kier molecular flexibility index (Phi) is 6.01. The average Bonchev–Trinajstić information content (AvgIpc) is 3.18. The van der Waals surface area contributed by atoms with Gasteiger partial charge in [-0.05, 0) is 61.7 Å². The van der Waals surface area contributed by atoms with Crippen LogP contribution in [0.1, 0.15) is 30.0 Å². The molecule has 0 amide bonds. The van der Waals surface area contributed by atoms with Gasteiger partial charge in [-0.2, -0.15) is 0 Å². The smallest absolute Gasteiger partial charge is 0.240 e. The topological polar surface area (TPSA) is 67.9 Å². The van der Waals surface area contributed by atoms with E-state index in [1.54, 1.807) is 25.1 Å². The third kappa shape index (κ3) is 4.38. The van der Waals surface area contributed by atoms with Crippen molar-refractivity contribution >= 4 is 21.6 Å². The van der Waals surface area contributed by atoms with E-state index < -0.39 is 10.0 Å². The molecule has 2 aromatic rings. The lowest BCUT2D eigenvalue weighted by Crippen LogP contribution is -2.35. The van der Waals surface area contributed by atoms with E-state index in [1.165, 1.54) is 5.56 Å². The Bertz CT molecular complexity index is 996. The quantitative estimate of drug-likeness (QED) is 0.750. The molecule has 1 N–H and O–H groups in total. The van der Waals surface area contributed by atoms with Crippen LogP contribution in [0.4, 0.5) is 0 Å². The predicted molar refractivity (Wildman–Crippen MR) is 112 cm³/mol. The van der Waals surface area contributed by atoms with Crippen molar-refractivity contribution in [2.24, 2.45) is 0 Å². The van der Waals surface area contributed by atoms with Crippen molar-refractivity contribution in [2.45, 2.75) is 30.7 Å². The van der Waals surface area contributed by atoms with Crippen molar-refractivity contribution < 1.29 is 17.9 Å². The van der Waals surface area contributed by atoms with Gasteiger partial charge in [0.1, 0.15) is 13.2 Å². The van der Waals surface area contributed by atoms with Gasteiger partial charge in [-0.3, -0.25) is 4.90 Å². The van der Waals surface area contributed by atoms with Gasteiger partial charge < -0.3 is 9.47 Å². The van der Waals surface area contributed by atoms with Crippen LogP contribution in [-0.2, 0) is 10.0 Å². The molecule has 2 heterocycles. The number of ether oxygens (including phenoxy) is 2. The number of sulfonamides is 1. The number of nitrogens with one attached hydrogen (secondary N) is 1. The summed E-state index contributed by atoms with van der Waals surface area (Å²) in [7, 11) is -3.60. The molecule has 1 fully saturated rings. The number of nitrogens with zero attached hydrogens (tertiary/aromatic N) is 1. The summed E-state index contributed by atoms with van der Waals surface area (Å²) < 4.78 is 39.4. The average molecular weight is 437 g/mol. The van der Waals surface area contributed by atoms with Crippen LogP contribution in [0.15, 0.2) is 41.3 Å². The second kappa shape index (κ2) is 8.52. The Morgan fingerprint density at radius 3 is 2.79 bits per heavy atom. The molecule has 2 aliphatic rings. The maximum absolute atomic E-state index is 12.7. The Balaban J connectivity index is 1.41. The fourth-order valence-electron chi connectivity index (χ4n) is 4.02. The lowest BCUT2D eigenvalue weighted by Gasteiger charge is -2.26. The molecule has 1 unspecified atom stereocenters. The third-order valence-corrected chi connectivity index (χ3v) is 7.53. The second-order valence-electron chi connectivity index (χ2n) is 7.36. The molecule has 0 bridgehead atoms. The zero-order valence-electron chi connectivity index (χ0n) is 16.4. The lowest BCUT2D eigenvalue weighted by molar-refractivity contribution is 0.170. The molecule has 1 saturated heterocycles. The fourth-order valence-corrected chi connectivity index (χ4v) is 5.54. The van der Waals surface area contributed by atoms with Gasteiger partial charge in [0.25, 0.3) is 0 Å². The number of halogens is 1. The van der Waals surface area contributed by atoms with Gasteiger partial charge in [-0.1, -0.05) is 23.7 Å². The molecule has 6 nitrogen and oxygen atoms in total. The van der Waals surface area contributed by atoms with Crippen LogP contribution in [0.5, 0.6) is 11.5 Å². The Hall–Kier alpha value is -1.80. The van der Waals surface area contributed by atoms with Gasteiger partial charge in [-0.15, -0.1) is 0 Å². The maximum atomic E-state index is 12.7. The summed E-state index contributed by atoms with van der Waals surface area (Å²) in [6, 6.07) is 11.3. The third-order valence-electron chi connectivity index (χ3n) is 5.51. The summed E-state index contributed by atoms with van der Waals surface area (Å²) in [4.78, 5) is 2.55. The van der Waals surface area contributed by atoms with Crippen molar-refractivity contribution in [3.05, 3.63) is 52.5 Å². The van der Waals surface area contributed by atoms with Crippen molar-refractivity contribution in [3.8, 4) is 11.5 Å². The molecule has 2 aromatic carbocycles. The molecule has 29 heavy (non-hydrogen) atoms. The molecule has 8 heteroatoms. The molecule has 156 valence electrons. The van der Waals surface area contributed by atoms with Crippen LogP contribution in [0.2, 0.25) is 5.02 Å². The number of hydrogen-bond acceptors (Lipinski definition) is 5. The molecule has 1 atom stereocenters. The van der Waals surface area contributed by atoms with Crippen LogP contribution < -0.4 is 14.2 Å². The van der Waals surface area contributed by atoms with Gasteiger partial charge in [0, 0.05) is 24.2 Å². The Labute approximate surface area is 176 Å². The van der Waals surface area contributed by atoms with Gasteiger partial charge in [0.15, 0.2) is 11.5 Å². The summed E-state index contributed by atoms with van der Waals surface area (Å²) >= 11 is 6.08. The summed E-state index contributed by atoms with van der Waals surface area (Å²) in [5.41, 5.74) is 1.75. The van der Waals surface area contributed by atoms with Crippen LogP contribution in [0.25, 0.3) is 0 Å². The number of fused-ring (bicyclic) bond motifs is 1. The van der Waals surface area contributed by atoms with E-state index in [4.69, 9.17) is 21.1 Å². The highest BCUT2D eigenvalue weighted by Gasteiger charge is 2.27. The normalized spacial score (nSPS) is 19.4. The van der Waals surface area contributed by atoms with Gasteiger partial charge in [0.2, 0.25) is 10.0 Å². The number of rotatable bonds is 6. The molecule has 0 aliphatic carbocycles. The maximum Gasteiger partial charge on any atom is 0.240 e. The van der Waals surface area contributed by atoms with E-state index in [0.29, 0.717) is 36.9 Å².